The number of halogens is 2. The highest BCUT2D eigenvalue weighted by Gasteiger charge is 2.31. The topological polar surface area (TPSA) is 109 Å². The summed E-state index contributed by atoms with van der Waals surface area (Å²) in [6.07, 6.45) is 8.98. The second-order valence-electron chi connectivity index (χ2n) is 9.25. The van der Waals surface area contributed by atoms with E-state index in [1.54, 1.807) is 42.7 Å². The molecule has 0 unspecified atom stereocenters. The number of pyridine rings is 1. The number of rotatable bonds is 9. The molecule has 0 aliphatic carbocycles. The first kappa shape index (κ1) is 26.7. The van der Waals surface area contributed by atoms with Crippen LogP contribution in [0.5, 0.6) is 11.5 Å². The van der Waals surface area contributed by atoms with Gasteiger partial charge in [-0.3, -0.25) is 14.6 Å². The zero-order valence-corrected chi connectivity index (χ0v) is 23.0. The van der Waals surface area contributed by atoms with Crippen molar-refractivity contribution in [3.63, 3.8) is 0 Å². The van der Waals surface area contributed by atoms with Crippen LogP contribution >= 0.6 is 15.9 Å². The monoisotopic (exact) mass is 597 g/mol. The lowest BCUT2D eigenvalue weighted by molar-refractivity contribution is -0.127. The molecule has 0 saturated carbocycles. The normalized spacial score (nSPS) is 16.7. The highest BCUT2D eigenvalue weighted by molar-refractivity contribution is 9.09. The maximum absolute atomic E-state index is 14.5. The number of aromatic amines is 1. The van der Waals surface area contributed by atoms with Crippen molar-refractivity contribution in [2.75, 3.05) is 37.5 Å². The third-order valence-electron chi connectivity index (χ3n) is 6.89. The zero-order valence-electron chi connectivity index (χ0n) is 21.4. The van der Waals surface area contributed by atoms with Gasteiger partial charge in [-0.05, 0) is 37.1 Å². The highest BCUT2D eigenvalue weighted by Crippen LogP contribution is 2.42. The van der Waals surface area contributed by atoms with Crippen molar-refractivity contribution in [3.8, 4) is 22.8 Å². The molecular formula is C28H29BrFN5O4. The Hall–Kier alpha value is -3.86. The van der Waals surface area contributed by atoms with Crippen molar-refractivity contribution in [1.29, 1.82) is 0 Å². The number of likely N-dealkylation sites (tertiary alicyclic amines) is 1. The largest absolute Gasteiger partial charge is 0.492 e. The molecule has 2 amide bonds. The van der Waals surface area contributed by atoms with Gasteiger partial charge < -0.3 is 30.0 Å². The molecule has 1 fully saturated rings. The summed E-state index contributed by atoms with van der Waals surface area (Å²) in [6.45, 7) is 1.48. The number of amides is 2. The molecule has 204 valence electrons. The van der Waals surface area contributed by atoms with Gasteiger partial charge in [-0.15, -0.1) is 0 Å². The first-order chi connectivity index (χ1) is 19.0. The molecule has 5 rings (SSSR count). The summed E-state index contributed by atoms with van der Waals surface area (Å²) in [7, 11) is 1.39. The van der Waals surface area contributed by atoms with Gasteiger partial charge in [0, 0.05) is 42.3 Å². The molecule has 3 N–H and O–H groups in total. The van der Waals surface area contributed by atoms with Crippen LogP contribution in [0.3, 0.4) is 0 Å². The Morgan fingerprint density at radius 3 is 3.05 bits per heavy atom. The van der Waals surface area contributed by atoms with Gasteiger partial charge in [0.05, 0.1) is 42.0 Å². The minimum Gasteiger partial charge on any atom is -0.492 e. The number of nitrogens with zero attached hydrogens (tertiary/aromatic N) is 2. The van der Waals surface area contributed by atoms with E-state index in [1.807, 2.05) is 4.90 Å². The number of fused-ring (bicyclic) bond motifs is 1. The fourth-order valence-corrected chi connectivity index (χ4v) is 5.27. The van der Waals surface area contributed by atoms with Crippen LogP contribution in [-0.2, 0) is 11.2 Å². The van der Waals surface area contributed by atoms with Crippen molar-refractivity contribution in [2.45, 2.75) is 25.3 Å². The molecule has 0 spiro atoms. The van der Waals surface area contributed by atoms with Gasteiger partial charge in [0.2, 0.25) is 5.91 Å². The predicted molar refractivity (Wildman–Crippen MR) is 149 cm³/mol. The fourth-order valence-electron chi connectivity index (χ4n) is 5.08. The molecule has 0 bridgehead atoms. The Morgan fingerprint density at radius 2 is 2.23 bits per heavy atom. The molecule has 11 heteroatoms. The SMILES string of the molecule is COc1c(F)cccc1Nc1c(-c2ccncc2OC[C@H]2CCCN2C(=O)/C=C/CBr)[nH]c2c1C(=O)NCC2. The summed E-state index contributed by atoms with van der Waals surface area (Å²) < 4.78 is 26.0. The first-order valence-corrected chi connectivity index (χ1v) is 13.9. The number of hydrogen-bond acceptors (Lipinski definition) is 6. The highest BCUT2D eigenvalue weighted by atomic mass is 79.9. The maximum Gasteiger partial charge on any atom is 0.255 e. The van der Waals surface area contributed by atoms with Crippen LogP contribution < -0.4 is 20.1 Å². The van der Waals surface area contributed by atoms with E-state index in [4.69, 9.17) is 9.47 Å². The zero-order chi connectivity index (χ0) is 27.4. The number of hydrogen-bond donors (Lipinski definition) is 3. The molecule has 1 atom stereocenters. The van der Waals surface area contributed by atoms with E-state index in [1.165, 1.54) is 13.2 Å². The van der Waals surface area contributed by atoms with Crippen LogP contribution in [0.25, 0.3) is 11.3 Å². The number of carbonyl (C=O) groups is 2. The van der Waals surface area contributed by atoms with E-state index in [9.17, 15) is 14.0 Å². The Kier molecular flexibility index (Phi) is 8.16. The number of para-hydroxylation sites is 1. The second-order valence-corrected chi connectivity index (χ2v) is 9.89. The summed E-state index contributed by atoms with van der Waals surface area (Å²) in [6, 6.07) is 6.30. The van der Waals surface area contributed by atoms with E-state index in [0.29, 0.717) is 65.4 Å². The van der Waals surface area contributed by atoms with E-state index < -0.39 is 5.82 Å². The number of allylic oxidation sites excluding steroid dienone is 1. The van der Waals surface area contributed by atoms with Crippen LogP contribution in [-0.4, -0.2) is 64.9 Å². The summed E-state index contributed by atoms with van der Waals surface area (Å²) in [5, 5.41) is 6.73. The number of ether oxygens (including phenoxy) is 2. The third kappa shape index (κ3) is 5.49. The van der Waals surface area contributed by atoms with Crippen LogP contribution in [0.4, 0.5) is 15.8 Å². The standard InChI is InChI=1S/C28H29BrFN5O4/c1-38-27-19(30)6-2-7-21(27)34-26-24-20(10-13-32-28(24)37)33-25(26)18-9-12-31-15-22(18)39-16-17-5-4-14-35(17)23(36)8-3-11-29/h2-3,6-9,12,15,17,33-34H,4-5,10-11,13-14,16H2,1H3,(H,32,37)/b8-3+/t17-/m1/s1. The Balaban J connectivity index is 1.49. The molecule has 2 aliphatic heterocycles. The minimum absolute atomic E-state index is 0.0365. The molecule has 2 aromatic heterocycles. The second kappa shape index (κ2) is 11.9. The lowest BCUT2D eigenvalue weighted by Crippen LogP contribution is -2.38. The summed E-state index contributed by atoms with van der Waals surface area (Å²) in [5.74, 6) is -0.246. The lowest BCUT2D eigenvalue weighted by atomic mass is 10.0. The van der Waals surface area contributed by atoms with Crippen molar-refractivity contribution in [3.05, 3.63) is 65.9 Å². The predicted octanol–water partition coefficient (Wildman–Crippen LogP) is 4.57. The van der Waals surface area contributed by atoms with Gasteiger partial charge in [-0.1, -0.05) is 28.1 Å². The molecule has 9 nitrogen and oxygen atoms in total. The molecule has 3 aromatic rings. The Labute approximate surface area is 233 Å². The molecule has 39 heavy (non-hydrogen) atoms. The molecule has 1 aromatic carbocycles. The molecule has 2 aliphatic rings. The van der Waals surface area contributed by atoms with Gasteiger partial charge in [0.1, 0.15) is 12.4 Å². The van der Waals surface area contributed by atoms with E-state index >= 15 is 0 Å². The average molecular weight is 598 g/mol. The maximum atomic E-state index is 14.5. The van der Waals surface area contributed by atoms with Crippen molar-refractivity contribution in [2.24, 2.45) is 0 Å². The number of anilines is 2. The van der Waals surface area contributed by atoms with Crippen LogP contribution in [0.15, 0.2) is 48.8 Å². The van der Waals surface area contributed by atoms with Crippen molar-refractivity contribution < 1.29 is 23.5 Å². The first-order valence-electron chi connectivity index (χ1n) is 12.7. The van der Waals surface area contributed by atoms with Crippen LogP contribution in [0, 0.1) is 5.82 Å². The lowest BCUT2D eigenvalue weighted by Gasteiger charge is -2.24. The van der Waals surface area contributed by atoms with Crippen molar-refractivity contribution in [1.82, 2.24) is 20.2 Å². The third-order valence-corrected chi connectivity index (χ3v) is 7.26. The van der Waals surface area contributed by atoms with E-state index in [0.717, 1.165) is 18.5 Å². The smallest absolute Gasteiger partial charge is 0.255 e. The van der Waals surface area contributed by atoms with Gasteiger partial charge in [0.25, 0.3) is 5.91 Å². The number of benzene rings is 1. The number of nitrogens with one attached hydrogen (secondary N) is 3. The van der Waals surface area contributed by atoms with Gasteiger partial charge >= 0.3 is 0 Å². The molecule has 0 radical (unpaired) electrons. The average Bonchev–Trinajstić information content (AvgIpc) is 3.56. The summed E-state index contributed by atoms with van der Waals surface area (Å²) >= 11 is 3.31. The van der Waals surface area contributed by atoms with E-state index in [2.05, 4.69) is 36.5 Å². The van der Waals surface area contributed by atoms with Gasteiger partial charge in [-0.2, -0.15) is 0 Å². The number of aromatic nitrogens is 2. The minimum atomic E-state index is -0.521. The quantitative estimate of drug-likeness (QED) is 0.246. The molecule has 4 heterocycles. The summed E-state index contributed by atoms with van der Waals surface area (Å²) in [5.41, 5.74) is 3.38. The molecule has 1 saturated heterocycles. The number of H-pyrrole nitrogens is 1. The Morgan fingerprint density at radius 1 is 1.36 bits per heavy atom. The van der Waals surface area contributed by atoms with Crippen LogP contribution in [0.2, 0.25) is 0 Å². The number of methoxy groups -OCH3 is 1. The van der Waals surface area contributed by atoms with Gasteiger partial charge in [-0.25, -0.2) is 4.39 Å². The summed E-state index contributed by atoms with van der Waals surface area (Å²) in [4.78, 5) is 35.1. The van der Waals surface area contributed by atoms with Gasteiger partial charge in [0.15, 0.2) is 11.6 Å². The molecular weight excluding hydrogens is 569 g/mol. The van der Waals surface area contributed by atoms with Crippen molar-refractivity contribution >= 4 is 39.1 Å². The Bertz CT molecular complexity index is 1410. The fraction of sp³-hybridized carbons (Fsp3) is 0.321. The van der Waals surface area contributed by atoms with Crippen LogP contribution in [0.1, 0.15) is 28.9 Å². The van der Waals surface area contributed by atoms with E-state index in [-0.39, 0.29) is 23.6 Å². The number of carbonyl (C=O) groups excluding carboxylic acids is 2. The number of alkyl halides is 1.